The first-order valence-corrected chi connectivity index (χ1v) is 11.3. The molecule has 1 saturated carbocycles. The summed E-state index contributed by atoms with van der Waals surface area (Å²) in [5.41, 5.74) is 1.96. The van der Waals surface area contributed by atoms with Crippen molar-refractivity contribution in [2.24, 2.45) is 11.3 Å². The summed E-state index contributed by atoms with van der Waals surface area (Å²) >= 11 is 0. The van der Waals surface area contributed by atoms with Gasteiger partial charge < -0.3 is 15.4 Å². The number of ether oxygens (including phenoxy) is 1. The average molecular weight is 425 g/mol. The molecule has 2 amide bonds. The zero-order valence-electron chi connectivity index (χ0n) is 18.6. The summed E-state index contributed by atoms with van der Waals surface area (Å²) < 4.78 is 5.40. The van der Waals surface area contributed by atoms with Gasteiger partial charge in [0.2, 0.25) is 11.8 Å². The molecule has 0 aliphatic heterocycles. The molecular formula is C25H32N2O4. The molecule has 0 radical (unpaired) electrons. The molecule has 166 valence electrons. The van der Waals surface area contributed by atoms with Gasteiger partial charge in [-0.2, -0.15) is 0 Å². The minimum atomic E-state index is -0.494. The third-order valence-corrected chi connectivity index (χ3v) is 7.48. The van der Waals surface area contributed by atoms with E-state index in [-0.39, 0.29) is 41.4 Å². The molecular weight excluding hydrogens is 392 g/mol. The molecule has 3 aliphatic carbocycles. The second-order valence-electron chi connectivity index (χ2n) is 9.48. The first-order chi connectivity index (χ1) is 14.8. The van der Waals surface area contributed by atoms with Crippen LogP contribution in [0.25, 0.3) is 0 Å². The summed E-state index contributed by atoms with van der Waals surface area (Å²) in [6, 6.07) is 8.04. The van der Waals surface area contributed by atoms with E-state index in [1.807, 2.05) is 12.1 Å². The Hall–Kier alpha value is -2.63. The Labute approximate surface area is 183 Å². The number of hydrogen-bond acceptors (Lipinski definition) is 4. The largest absolute Gasteiger partial charge is 0.493 e. The molecule has 6 nitrogen and oxygen atoms in total. The standard InChI is InChI=1S/C25H32N2O4/c1-15(28)26-20-10-6-7-11-21(20)27-24(30)19-13-23(31-3)22(29)12-18-17-9-5-4-8-16(17)14-25(18,19)2/h4-5,8-9,13,18-21H,6-7,10-12,14H2,1-3H3,(H,26,28)(H,27,30)/t18-,19-,20+,21+,25+/m1/s1. The summed E-state index contributed by atoms with van der Waals surface area (Å²) in [6.07, 6.45) is 6.58. The second kappa shape index (κ2) is 8.48. The molecule has 6 heteroatoms. The lowest BCUT2D eigenvalue weighted by Gasteiger charge is -2.38. The van der Waals surface area contributed by atoms with Crippen molar-refractivity contribution in [2.45, 2.75) is 70.4 Å². The number of Topliss-reactive ketones (excluding diaryl/α,β-unsaturated/α-hetero) is 1. The number of hydrogen-bond donors (Lipinski definition) is 2. The predicted molar refractivity (Wildman–Crippen MR) is 117 cm³/mol. The van der Waals surface area contributed by atoms with Crippen molar-refractivity contribution in [1.29, 1.82) is 0 Å². The fourth-order valence-corrected chi connectivity index (χ4v) is 5.88. The van der Waals surface area contributed by atoms with Crippen LogP contribution in [0.1, 0.15) is 63.0 Å². The minimum Gasteiger partial charge on any atom is -0.493 e. The first-order valence-electron chi connectivity index (χ1n) is 11.3. The molecule has 1 aromatic carbocycles. The van der Waals surface area contributed by atoms with E-state index in [9.17, 15) is 14.4 Å². The van der Waals surface area contributed by atoms with Gasteiger partial charge in [-0.1, -0.05) is 44.0 Å². The summed E-state index contributed by atoms with van der Waals surface area (Å²) in [6.45, 7) is 3.63. The van der Waals surface area contributed by atoms with Crippen LogP contribution in [0, 0.1) is 11.3 Å². The highest BCUT2D eigenvalue weighted by atomic mass is 16.5. The monoisotopic (exact) mass is 424 g/mol. The molecule has 1 aromatic rings. The summed E-state index contributed by atoms with van der Waals surface area (Å²) in [5.74, 6) is -0.479. The molecule has 0 saturated heterocycles. The molecule has 0 spiro atoms. The summed E-state index contributed by atoms with van der Waals surface area (Å²) in [7, 11) is 1.49. The normalized spacial score (nSPS) is 32.2. The SMILES string of the molecule is COC1=C[C@H](C(=O)N[C@H]2CCCC[C@@H]2NC(C)=O)[C@@]2(C)Cc3ccccc3[C@H]2CC1=O. The Bertz CT molecular complexity index is 924. The molecule has 0 aromatic heterocycles. The zero-order chi connectivity index (χ0) is 22.2. The maximum atomic E-state index is 13.7. The van der Waals surface area contributed by atoms with Gasteiger partial charge >= 0.3 is 0 Å². The van der Waals surface area contributed by atoms with Crippen LogP contribution >= 0.6 is 0 Å². The molecule has 0 bridgehead atoms. The van der Waals surface area contributed by atoms with E-state index < -0.39 is 11.3 Å². The van der Waals surface area contributed by atoms with Gasteiger partial charge in [-0.25, -0.2) is 0 Å². The topological polar surface area (TPSA) is 84.5 Å². The van der Waals surface area contributed by atoms with Crippen LogP contribution in [-0.2, 0) is 25.5 Å². The Morgan fingerprint density at radius 2 is 1.77 bits per heavy atom. The molecule has 0 heterocycles. The highest BCUT2D eigenvalue weighted by Crippen LogP contribution is 2.55. The number of fused-ring (bicyclic) bond motifs is 3. The molecule has 31 heavy (non-hydrogen) atoms. The van der Waals surface area contributed by atoms with Gasteiger partial charge in [0.15, 0.2) is 11.5 Å². The van der Waals surface area contributed by atoms with E-state index in [1.165, 1.54) is 19.6 Å². The number of allylic oxidation sites excluding steroid dienone is 1. The number of methoxy groups -OCH3 is 1. The molecule has 3 aliphatic rings. The van der Waals surface area contributed by atoms with Crippen LogP contribution in [-0.4, -0.2) is 36.8 Å². The number of ketones is 1. The van der Waals surface area contributed by atoms with Gasteiger partial charge in [-0.3, -0.25) is 14.4 Å². The van der Waals surface area contributed by atoms with Gasteiger partial charge in [-0.05, 0) is 47.8 Å². The van der Waals surface area contributed by atoms with Crippen molar-refractivity contribution < 1.29 is 19.1 Å². The van der Waals surface area contributed by atoms with Crippen LogP contribution in [0.4, 0.5) is 0 Å². The van der Waals surface area contributed by atoms with Crippen molar-refractivity contribution in [1.82, 2.24) is 10.6 Å². The smallest absolute Gasteiger partial charge is 0.227 e. The van der Waals surface area contributed by atoms with E-state index in [2.05, 4.69) is 29.7 Å². The number of carbonyl (C=O) groups is 3. The number of benzene rings is 1. The maximum Gasteiger partial charge on any atom is 0.227 e. The third-order valence-electron chi connectivity index (χ3n) is 7.48. The Morgan fingerprint density at radius 3 is 2.45 bits per heavy atom. The fraction of sp³-hybridized carbons (Fsp3) is 0.560. The number of rotatable bonds is 4. The third kappa shape index (κ3) is 4.00. The van der Waals surface area contributed by atoms with Crippen molar-refractivity contribution in [3.05, 3.63) is 47.2 Å². The summed E-state index contributed by atoms with van der Waals surface area (Å²) in [4.78, 5) is 38.2. The van der Waals surface area contributed by atoms with Crippen LogP contribution in [0.5, 0.6) is 0 Å². The van der Waals surface area contributed by atoms with E-state index in [0.717, 1.165) is 37.7 Å². The molecule has 5 atom stereocenters. The Balaban J connectivity index is 1.65. The van der Waals surface area contributed by atoms with Gasteiger partial charge in [0.05, 0.1) is 13.0 Å². The Kier molecular flexibility index (Phi) is 5.91. The average Bonchev–Trinajstić information content (AvgIpc) is 2.95. The first kappa shape index (κ1) is 21.6. The van der Waals surface area contributed by atoms with E-state index in [0.29, 0.717) is 6.42 Å². The lowest BCUT2D eigenvalue weighted by molar-refractivity contribution is -0.129. The highest BCUT2D eigenvalue weighted by Gasteiger charge is 2.52. The van der Waals surface area contributed by atoms with Crippen molar-refractivity contribution in [3.8, 4) is 0 Å². The van der Waals surface area contributed by atoms with Crippen molar-refractivity contribution in [2.75, 3.05) is 7.11 Å². The highest BCUT2D eigenvalue weighted by molar-refractivity contribution is 5.96. The van der Waals surface area contributed by atoms with Crippen molar-refractivity contribution in [3.63, 3.8) is 0 Å². The lowest BCUT2D eigenvalue weighted by Crippen LogP contribution is -2.55. The van der Waals surface area contributed by atoms with Crippen LogP contribution in [0.15, 0.2) is 36.1 Å². The van der Waals surface area contributed by atoms with Crippen LogP contribution < -0.4 is 10.6 Å². The molecule has 1 fully saturated rings. The van der Waals surface area contributed by atoms with Gasteiger partial charge in [0.1, 0.15) is 0 Å². The number of carbonyl (C=O) groups excluding carboxylic acids is 3. The van der Waals surface area contributed by atoms with E-state index in [1.54, 1.807) is 6.08 Å². The molecule has 2 N–H and O–H groups in total. The summed E-state index contributed by atoms with van der Waals surface area (Å²) in [5, 5.41) is 6.23. The van der Waals surface area contributed by atoms with Crippen molar-refractivity contribution >= 4 is 17.6 Å². The van der Waals surface area contributed by atoms with Crippen LogP contribution in [0.2, 0.25) is 0 Å². The second-order valence-corrected chi connectivity index (χ2v) is 9.48. The fourth-order valence-electron chi connectivity index (χ4n) is 5.88. The number of amides is 2. The zero-order valence-corrected chi connectivity index (χ0v) is 18.6. The molecule has 4 rings (SSSR count). The lowest BCUT2D eigenvalue weighted by atomic mass is 9.67. The van der Waals surface area contributed by atoms with Gasteiger partial charge in [0, 0.05) is 25.4 Å². The van der Waals surface area contributed by atoms with E-state index in [4.69, 9.17) is 4.74 Å². The van der Waals surface area contributed by atoms with Gasteiger partial charge in [0.25, 0.3) is 0 Å². The van der Waals surface area contributed by atoms with Crippen LogP contribution in [0.3, 0.4) is 0 Å². The predicted octanol–water partition coefficient (Wildman–Crippen LogP) is 3.02. The molecule has 0 unspecified atom stereocenters. The quantitative estimate of drug-likeness (QED) is 0.778. The minimum absolute atomic E-state index is 0.0339. The Morgan fingerprint density at radius 1 is 1.10 bits per heavy atom. The van der Waals surface area contributed by atoms with Gasteiger partial charge in [-0.15, -0.1) is 0 Å². The number of nitrogens with one attached hydrogen (secondary N) is 2. The maximum absolute atomic E-state index is 13.7. The van der Waals surface area contributed by atoms with E-state index >= 15 is 0 Å².